The average molecular weight is 187 g/mol. The minimum atomic E-state index is 0.654. The van der Waals surface area contributed by atoms with Crippen LogP contribution in [0.2, 0.25) is 0 Å². The fraction of sp³-hybridized carbons (Fsp3) is 0.364. The van der Waals surface area contributed by atoms with Crippen LogP contribution in [-0.2, 0) is 0 Å². The summed E-state index contributed by atoms with van der Waals surface area (Å²) in [5, 5.41) is 0. The number of carbonyl (C=O) groups excluding carboxylic acids is 1. The van der Waals surface area contributed by atoms with E-state index in [4.69, 9.17) is 7.85 Å². The summed E-state index contributed by atoms with van der Waals surface area (Å²) in [6.07, 6.45) is 1.88. The van der Waals surface area contributed by atoms with Crippen LogP contribution in [0.4, 0.5) is 5.69 Å². The second-order valence-corrected chi connectivity index (χ2v) is 3.32. The summed E-state index contributed by atoms with van der Waals surface area (Å²) in [7, 11) is 7.77. The number of anilines is 1. The van der Waals surface area contributed by atoms with Crippen molar-refractivity contribution >= 4 is 25.3 Å². The molecule has 0 aliphatic carbocycles. The Morgan fingerprint density at radius 3 is 2.79 bits per heavy atom. The lowest BCUT2D eigenvalue weighted by atomic mass is 9.91. The molecule has 2 nitrogen and oxygen atoms in total. The lowest BCUT2D eigenvalue weighted by Gasteiger charge is -2.22. The third-order valence-corrected chi connectivity index (χ3v) is 2.17. The number of nitrogens with zero attached hydrogens (tertiary/aromatic N) is 1. The van der Waals surface area contributed by atoms with Crippen LogP contribution in [0, 0.1) is 0 Å². The Kier molecular flexibility index (Phi) is 3.75. The molecule has 0 saturated heterocycles. The molecule has 14 heavy (non-hydrogen) atoms. The zero-order chi connectivity index (χ0) is 10.6. The van der Waals surface area contributed by atoms with Gasteiger partial charge in [-0.05, 0) is 12.5 Å². The number of rotatable bonds is 4. The van der Waals surface area contributed by atoms with E-state index in [1.165, 1.54) is 0 Å². The average Bonchev–Trinajstić information content (AvgIpc) is 2.17. The van der Waals surface area contributed by atoms with Gasteiger partial charge in [0.05, 0.1) is 0 Å². The van der Waals surface area contributed by atoms with Crippen LogP contribution >= 0.6 is 0 Å². The second kappa shape index (κ2) is 4.84. The van der Waals surface area contributed by atoms with Crippen LogP contribution < -0.4 is 10.4 Å². The van der Waals surface area contributed by atoms with Crippen molar-refractivity contribution < 1.29 is 4.79 Å². The summed E-state index contributed by atoms with van der Waals surface area (Å²) in [6, 6.07) is 5.39. The minimum absolute atomic E-state index is 0.654. The summed E-state index contributed by atoms with van der Waals surface area (Å²) in [6.45, 7) is 2.99. The van der Waals surface area contributed by atoms with Gasteiger partial charge in [-0.1, -0.05) is 24.5 Å². The van der Waals surface area contributed by atoms with Crippen molar-refractivity contribution in [2.45, 2.75) is 13.3 Å². The van der Waals surface area contributed by atoms with Crippen molar-refractivity contribution in [3.8, 4) is 0 Å². The Labute approximate surface area is 86.3 Å². The molecular formula is C11H14BNO. The molecule has 1 rings (SSSR count). The Balaban J connectivity index is 3.09. The SMILES string of the molecule is [B]c1cccc(C=O)c1N(C)CCC. The molecule has 0 spiro atoms. The quantitative estimate of drug-likeness (QED) is 0.520. The molecule has 0 aliphatic heterocycles. The van der Waals surface area contributed by atoms with Gasteiger partial charge in [-0.3, -0.25) is 4.79 Å². The summed E-state index contributed by atoms with van der Waals surface area (Å²) in [5.41, 5.74) is 2.15. The van der Waals surface area contributed by atoms with Crippen LogP contribution in [0.15, 0.2) is 18.2 Å². The first-order valence-corrected chi connectivity index (χ1v) is 4.75. The van der Waals surface area contributed by atoms with Gasteiger partial charge in [0.15, 0.2) is 6.29 Å². The molecule has 0 heterocycles. The smallest absolute Gasteiger partial charge is 0.152 e. The standard InChI is InChI=1S/C11H14BNO/c1-3-7-13(2)11-9(8-14)5-4-6-10(11)12/h4-6,8H,3,7H2,1-2H3. The van der Waals surface area contributed by atoms with Gasteiger partial charge < -0.3 is 4.90 Å². The van der Waals surface area contributed by atoms with Crippen LogP contribution in [0.5, 0.6) is 0 Å². The van der Waals surface area contributed by atoms with Gasteiger partial charge in [0.25, 0.3) is 0 Å². The van der Waals surface area contributed by atoms with Gasteiger partial charge in [-0.15, -0.1) is 0 Å². The maximum atomic E-state index is 10.8. The third-order valence-electron chi connectivity index (χ3n) is 2.17. The van der Waals surface area contributed by atoms with Crippen LogP contribution in [0.1, 0.15) is 23.7 Å². The van der Waals surface area contributed by atoms with E-state index in [9.17, 15) is 4.79 Å². The largest absolute Gasteiger partial charge is 0.375 e. The monoisotopic (exact) mass is 187 g/mol. The maximum Gasteiger partial charge on any atom is 0.152 e. The van der Waals surface area contributed by atoms with Crippen molar-refractivity contribution in [1.29, 1.82) is 0 Å². The van der Waals surface area contributed by atoms with E-state index in [0.717, 1.165) is 24.9 Å². The molecule has 0 aliphatic rings. The number of carbonyl (C=O) groups is 1. The normalized spacial score (nSPS) is 9.86. The molecular weight excluding hydrogens is 173 g/mol. The molecule has 0 amide bonds. The Bertz CT molecular complexity index is 325. The molecule has 1 aromatic rings. The number of hydrogen-bond acceptors (Lipinski definition) is 2. The topological polar surface area (TPSA) is 20.3 Å². The van der Waals surface area contributed by atoms with E-state index in [-0.39, 0.29) is 0 Å². The highest BCUT2D eigenvalue weighted by Crippen LogP contribution is 2.14. The van der Waals surface area contributed by atoms with E-state index in [2.05, 4.69) is 6.92 Å². The van der Waals surface area contributed by atoms with Gasteiger partial charge in [-0.25, -0.2) is 0 Å². The molecule has 0 fully saturated rings. The molecule has 0 N–H and O–H groups in total. The molecule has 3 heteroatoms. The molecule has 0 atom stereocenters. The summed E-state index contributed by atoms with van der Waals surface area (Å²) in [4.78, 5) is 12.8. The van der Waals surface area contributed by atoms with Crippen LogP contribution in [-0.4, -0.2) is 27.7 Å². The van der Waals surface area contributed by atoms with Crippen molar-refractivity contribution in [2.75, 3.05) is 18.5 Å². The molecule has 72 valence electrons. The van der Waals surface area contributed by atoms with E-state index >= 15 is 0 Å². The summed E-state index contributed by atoms with van der Waals surface area (Å²) in [5.74, 6) is 0. The second-order valence-electron chi connectivity index (χ2n) is 3.32. The van der Waals surface area contributed by atoms with E-state index in [1.54, 1.807) is 12.1 Å². The van der Waals surface area contributed by atoms with Gasteiger partial charge in [0.1, 0.15) is 7.85 Å². The fourth-order valence-electron chi connectivity index (χ4n) is 1.56. The Morgan fingerprint density at radius 2 is 2.21 bits per heavy atom. The minimum Gasteiger partial charge on any atom is -0.375 e. The number of benzene rings is 1. The summed E-state index contributed by atoms with van der Waals surface area (Å²) < 4.78 is 0. The van der Waals surface area contributed by atoms with Gasteiger partial charge in [0.2, 0.25) is 0 Å². The number of hydrogen-bond donors (Lipinski definition) is 0. The Morgan fingerprint density at radius 1 is 1.50 bits per heavy atom. The predicted octanol–water partition coefficient (Wildman–Crippen LogP) is 1.14. The molecule has 0 saturated carbocycles. The zero-order valence-electron chi connectivity index (χ0n) is 8.66. The lowest BCUT2D eigenvalue weighted by Crippen LogP contribution is -2.26. The number of aldehydes is 1. The van der Waals surface area contributed by atoms with Crippen LogP contribution in [0.3, 0.4) is 0 Å². The lowest BCUT2D eigenvalue weighted by molar-refractivity contribution is 0.112. The Hall–Kier alpha value is -1.25. The van der Waals surface area contributed by atoms with E-state index in [0.29, 0.717) is 11.0 Å². The van der Waals surface area contributed by atoms with E-state index < -0.39 is 0 Å². The van der Waals surface area contributed by atoms with Gasteiger partial charge in [-0.2, -0.15) is 0 Å². The highest BCUT2D eigenvalue weighted by Gasteiger charge is 2.07. The molecule has 1 aromatic carbocycles. The number of para-hydroxylation sites is 1. The first kappa shape index (κ1) is 10.8. The zero-order valence-corrected chi connectivity index (χ0v) is 8.66. The first-order chi connectivity index (χ1) is 6.70. The highest BCUT2D eigenvalue weighted by atomic mass is 16.1. The molecule has 0 bridgehead atoms. The van der Waals surface area contributed by atoms with Gasteiger partial charge >= 0.3 is 0 Å². The maximum absolute atomic E-state index is 10.8. The van der Waals surface area contributed by atoms with Gasteiger partial charge in [0, 0.05) is 24.8 Å². The molecule has 0 unspecified atom stereocenters. The van der Waals surface area contributed by atoms with Crippen molar-refractivity contribution in [3.05, 3.63) is 23.8 Å². The fourth-order valence-corrected chi connectivity index (χ4v) is 1.56. The van der Waals surface area contributed by atoms with Crippen molar-refractivity contribution in [1.82, 2.24) is 0 Å². The van der Waals surface area contributed by atoms with Crippen molar-refractivity contribution in [2.24, 2.45) is 0 Å². The first-order valence-electron chi connectivity index (χ1n) is 4.75. The third kappa shape index (κ3) is 2.16. The van der Waals surface area contributed by atoms with Crippen molar-refractivity contribution in [3.63, 3.8) is 0 Å². The molecule has 2 radical (unpaired) electrons. The van der Waals surface area contributed by atoms with Crippen LogP contribution in [0.25, 0.3) is 0 Å². The highest BCUT2D eigenvalue weighted by molar-refractivity contribution is 6.36. The van der Waals surface area contributed by atoms with E-state index in [1.807, 2.05) is 18.0 Å². The summed E-state index contributed by atoms with van der Waals surface area (Å²) >= 11 is 0. The molecule has 0 aromatic heterocycles. The predicted molar refractivity (Wildman–Crippen MR) is 60.8 cm³/mol.